The Morgan fingerprint density at radius 1 is 0.586 bits per heavy atom. The van der Waals surface area contributed by atoms with Crippen molar-refractivity contribution in [1.29, 1.82) is 0 Å². The van der Waals surface area contributed by atoms with Crippen molar-refractivity contribution in [2.45, 2.75) is 5.88 Å². The summed E-state index contributed by atoms with van der Waals surface area (Å²) in [6.45, 7) is 3.68. The van der Waals surface area contributed by atoms with Crippen LogP contribution >= 0.6 is 19.5 Å². The van der Waals surface area contributed by atoms with Crippen molar-refractivity contribution in [3.63, 3.8) is 0 Å². The minimum atomic E-state index is -0.446. The van der Waals surface area contributed by atoms with E-state index in [4.69, 9.17) is 11.6 Å². The number of rotatable bonds is 5. The van der Waals surface area contributed by atoms with Crippen LogP contribution in [-0.2, 0) is 5.88 Å². The molecule has 29 heavy (non-hydrogen) atoms. The van der Waals surface area contributed by atoms with E-state index in [-0.39, 0.29) is 0 Å². The van der Waals surface area contributed by atoms with Gasteiger partial charge in [-0.1, -0.05) is 128 Å². The average Bonchev–Trinajstić information content (AvgIpc) is 2.82. The van der Waals surface area contributed by atoms with Crippen molar-refractivity contribution < 1.29 is 0 Å². The molecule has 0 spiro atoms. The maximum atomic E-state index is 5.66. The SMILES string of the molecule is C=Cc1ccccc1CCl.c1ccc(P(c2ccccc2)c2ccccc2)cc1. The van der Waals surface area contributed by atoms with Crippen LogP contribution in [0.1, 0.15) is 11.1 Å². The summed E-state index contributed by atoms with van der Waals surface area (Å²) < 4.78 is 0. The van der Waals surface area contributed by atoms with E-state index in [1.807, 2.05) is 30.3 Å². The molecule has 4 rings (SSSR count). The van der Waals surface area contributed by atoms with Crippen molar-refractivity contribution >= 4 is 41.5 Å². The molecule has 2 heteroatoms. The zero-order valence-electron chi connectivity index (χ0n) is 16.3. The van der Waals surface area contributed by atoms with Gasteiger partial charge in [0.15, 0.2) is 0 Å². The largest absolute Gasteiger partial charge is 0.122 e. The molecule has 4 aromatic carbocycles. The molecule has 0 bridgehead atoms. The van der Waals surface area contributed by atoms with Crippen molar-refractivity contribution in [3.05, 3.63) is 133 Å². The summed E-state index contributed by atoms with van der Waals surface area (Å²) in [4.78, 5) is 0. The Morgan fingerprint density at radius 3 is 1.31 bits per heavy atom. The van der Waals surface area contributed by atoms with Gasteiger partial charge in [0.2, 0.25) is 0 Å². The number of hydrogen-bond acceptors (Lipinski definition) is 0. The highest BCUT2D eigenvalue weighted by Crippen LogP contribution is 2.32. The molecule has 0 nitrogen and oxygen atoms in total. The number of alkyl halides is 1. The van der Waals surface area contributed by atoms with E-state index in [0.29, 0.717) is 5.88 Å². The predicted octanol–water partition coefficient (Wildman–Crippen LogP) is 6.51. The molecule has 144 valence electrons. The predicted molar refractivity (Wildman–Crippen MR) is 131 cm³/mol. The van der Waals surface area contributed by atoms with E-state index in [1.54, 1.807) is 0 Å². The van der Waals surface area contributed by atoms with Gasteiger partial charge < -0.3 is 0 Å². The van der Waals surface area contributed by atoms with E-state index in [0.717, 1.165) is 11.1 Å². The average molecular weight is 415 g/mol. The Morgan fingerprint density at radius 2 is 0.966 bits per heavy atom. The smallest absolute Gasteiger partial charge is 0.0479 e. The van der Waals surface area contributed by atoms with Gasteiger partial charge >= 0.3 is 0 Å². The normalized spacial score (nSPS) is 10.1. The molecule has 0 N–H and O–H groups in total. The first kappa shape index (κ1) is 21.1. The molecule has 0 saturated carbocycles. The fourth-order valence-electron chi connectivity index (χ4n) is 3.03. The van der Waals surface area contributed by atoms with Crippen LogP contribution in [0.5, 0.6) is 0 Å². The third kappa shape index (κ3) is 5.91. The van der Waals surface area contributed by atoms with Crippen molar-refractivity contribution in [2.24, 2.45) is 0 Å². The molecule has 0 aliphatic rings. The molecule has 0 aliphatic carbocycles. The Labute approximate surface area is 180 Å². The van der Waals surface area contributed by atoms with E-state index in [9.17, 15) is 0 Å². The highest BCUT2D eigenvalue weighted by Gasteiger charge is 2.14. The monoisotopic (exact) mass is 414 g/mol. The minimum Gasteiger partial charge on any atom is -0.122 e. The molecule has 4 aromatic rings. The Balaban J connectivity index is 0.000000204. The van der Waals surface area contributed by atoms with Crippen molar-refractivity contribution in [1.82, 2.24) is 0 Å². The third-order valence-corrected chi connectivity index (χ3v) is 7.19. The standard InChI is InChI=1S/C18H15P.C9H9Cl/c1-4-10-16(11-5-1)19(17-12-6-2-7-13-17)18-14-8-3-9-15-18;1-2-8-5-3-4-6-9(8)7-10/h1-15H;2-6H,1,7H2. The highest BCUT2D eigenvalue weighted by molar-refractivity contribution is 7.79. The Hall–Kier alpha value is -2.66. The summed E-state index contributed by atoms with van der Waals surface area (Å²) in [7, 11) is -0.446. The molecular weight excluding hydrogens is 391 g/mol. The quantitative estimate of drug-likeness (QED) is 0.258. The molecule has 0 aliphatic heterocycles. The van der Waals surface area contributed by atoms with Crippen LogP contribution in [0.25, 0.3) is 6.08 Å². The molecule has 0 unspecified atom stereocenters. The molecule has 0 aromatic heterocycles. The van der Waals surface area contributed by atoms with Gasteiger partial charge in [0.25, 0.3) is 0 Å². The van der Waals surface area contributed by atoms with Crippen LogP contribution in [-0.4, -0.2) is 0 Å². The lowest BCUT2D eigenvalue weighted by Crippen LogP contribution is -2.20. The van der Waals surface area contributed by atoms with Gasteiger partial charge in [-0.05, 0) is 35.0 Å². The van der Waals surface area contributed by atoms with E-state index in [1.165, 1.54) is 15.9 Å². The van der Waals surface area contributed by atoms with Crippen molar-refractivity contribution in [2.75, 3.05) is 0 Å². The first-order chi connectivity index (χ1) is 14.3. The van der Waals surface area contributed by atoms with E-state index in [2.05, 4.69) is 97.6 Å². The van der Waals surface area contributed by atoms with Crippen LogP contribution in [0.3, 0.4) is 0 Å². The summed E-state index contributed by atoms with van der Waals surface area (Å²) in [5.41, 5.74) is 2.26. The summed E-state index contributed by atoms with van der Waals surface area (Å²) in [6.07, 6.45) is 1.82. The molecule has 0 amide bonds. The topological polar surface area (TPSA) is 0 Å². The van der Waals surface area contributed by atoms with E-state index >= 15 is 0 Å². The first-order valence-corrected chi connectivity index (χ1v) is 11.4. The second-order valence-electron chi connectivity index (χ2n) is 6.38. The lowest BCUT2D eigenvalue weighted by Gasteiger charge is -2.18. The molecule has 0 saturated heterocycles. The van der Waals surface area contributed by atoms with Crippen LogP contribution in [0.15, 0.2) is 122 Å². The summed E-state index contributed by atoms with van der Waals surface area (Å²) in [5, 5.41) is 4.19. The Bertz CT molecular complexity index is 904. The first-order valence-electron chi connectivity index (χ1n) is 9.55. The summed E-state index contributed by atoms with van der Waals surface area (Å²) in [6, 6.07) is 40.3. The third-order valence-electron chi connectivity index (χ3n) is 4.46. The van der Waals surface area contributed by atoms with E-state index < -0.39 is 7.92 Å². The molecule has 0 fully saturated rings. The highest BCUT2D eigenvalue weighted by atomic mass is 35.5. The zero-order chi connectivity index (χ0) is 20.3. The van der Waals surface area contributed by atoms with Gasteiger partial charge in [0.1, 0.15) is 0 Å². The zero-order valence-corrected chi connectivity index (χ0v) is 17.9. The fourth-order valence-corrected chi connectivity index (χ4v) is 5.58. The molecule has 0 heterocycles. The van der Waals surface area contributed by atoms with Crippen LogP contribution in [0.4, 0.5) is 0 Å². The maximum absolute atomic E-state index is 5.66. The second-order valence-corrected chi connectivity index (χ2v) is 8.87. The molecule has 0 radical (unpaired) electrons. The van der Waals surface area contributed by atoms with Gasteiger partial charge in [0.05, 0.1) is 0 Å². The number of halogens is 1. The lowest BCUT2D eigenvalue weighted by molar-refractivity contribution is 1.38. The van der Waals surface area contributed by atoms with Gasteiger partial charge in [-0.3, -0.25) is 0 Å². The summed E-state index contributed by atoms with van der Waals surface area (Å²) >= 11 is 5.66. The molecule has 0 atom stereocenters. The maximum Gasteiger partial charge on any atom is 0.0479 e. The van der Waals surface area contributed by atoms with Crippen LogP contribution < -0.4 is 15.9 Å². The van der Waals surface area contributed by atoms with Crippen LogP contribution in [0, 0.1) is 0 Å². The van der Waals surface area contributed by atoms with Gasteiger partial charge in [-0.25, -0.2) is 0 Å². The summed E-state index contributed by atoms with van der Waals surface area (Å²) in [5.74, 6) is 0.558. The van der Waals surface area contributed by atoms with Crippen molar-refractivity contribution in [3.8, 4) is 0 Å². The fraction of sp³-hybridized carbons (Fsp3) is 0.0370. The van der Waals surface area contributed by atoms with Crippen LogP contribution in [0.2, 0.25) is 0 Å². The van der Waals surface area contributed by atoms with Gasteiger partial charge in [-0.15, -0.1) is 11.6 Å². The minimum absolute atomic E-state index is 0.446. The number of hydrogen-bond donors (Lipinski definition) is 0. The number of benzene rings is 4. The Kier molecular flexibility index (Phi) is 8.25. The second kappa shape index (κ2) is 11.4. The van der Waals surface area contributed by atoms with Gasteiger partial charge in [-0.2, -0.15) is 0 Å². The molecular formula is C27H24ClP. The van der Waals surface area contributed by atoms with Gasteiger partial charge in [0, 0.05) is 5.88 Å². The lowest BCUT2D eigenvalue weighted by atomic mass is 10.1.